The summed E-state index contributed by atoms with van der Waals surface area (Å²) in [6.07, 6.45) is 9.16. The monoisotopic (exact) mass is 580 g/mol. The van der Waals surface area contributed by atoms with Gasteiger partial charge in [0.05, 0.1) is 17.0 Å². The summed E-state index contributed by atoms with van der Waals surface area (Å²) >= 11 is 0. The highest BCUT2D eigenvalue weighted by Crippen LogP contribution is 2.38. The Kier molecular flexibility index (Phi) is 16.1. The van der Waals surface area contributed by atoms with Gasteiger partial charge in [0.2, 0.25) is 0 Å². The number of likely N-dealkylation sites (N-methyl/N-ethyl adjacent to an activating group) is 1. The molecule has 0 spiro atoms. The van der Waals surface area contributed by atoms with Crippen LogP contribution in [-0.2, 0) is 11.0 Å². The number of nitrogens with zero attached hydrogens (tertiary/aromatic N) is 3. The van der Waals surface area contributed by atoms with Crippen molar-refractivity contribution in [1.29, 1.82) is 0 Å². The lowest BCUT2D eigenvalue weighted by atomic mass is 9.96. The van der Waals surface area contributed by atoms with Crippen molar-refractivity contribution in [1.82, 2.24) is 15.2 Å². The zero-order valence-electron chi connectivity index (χ0n) is 25.3. The molecule has 41 heavy (non-hydrogen) atoms. The van der Waals surface area contributed by atoms with Crippen molar-refractivity contribution < 1.29 is 23.1 Å². The van der Waals surface area contributed by atoms with Gasteiger partial charge in [-0.25, -0.2) is 0 Å². The molecule has 9 heteroatoms. The van der Waals surface area contributed by atoms with Crippen molar-refractivity contribution in [3.8, 4) is 0 Å². The van der Waals surface area contributed by atoms with E-state index >= 15 is 0 Å². The molecule has 2 heterocycles. The zero-order chi connectivity index (χ0) is 30.1. The van der Waals surface area contributed by atoms with Gasteiger partial charge in [-0.15, -0.1) is 0 Å². The minimum absolute atomic E-state index is 0.0714. The first-order valence-electron chi connectivity index (χ1n) is 15.6. The number of alkyl halides is 3. The molecule has 1 saturated heterocycles. The molecule has 0 saturated carbocycles. The third kappa shape index (κ3) is 12.2. The number of carboxylic acids is 1. The van der Waals surface area contributed by atoms with E-state index in [1.54, 1.807) is 12.1 Å². The van der Waals surface area contributed by atoms with Gasteiger partial charge in [0.1, 0.15) is 0 Å². The summed E-state index contributed by atoms with van der Waals surface area (Å²) in [7, 11) is 0. The number of unbranched alkanes of at least 4 members (excludes halogenated alkanes) is 7. The van der Waals surface area contributed by atoms with Crippen LogP contribution >= 0.6 is 0 Å². The van der Waals surface area contributed by atoms with Gasteiger partial charge >= 0.3 is 12.1 Å². The van der Waals surface area contributed by atoms with E-state index in [0.717, 1.165) is 12.6 Å². The van der Waals surface area contributed by atoms with Crippen LogP contribution in [0.5, 0.6) is 0 Å². The first-order valence-corrected chi connectivity index (χ1v) is 15.6. The number of anilines is 1. The van der Waals surface area contributed by atoms with Crippen LogP contribution in [0.2, 0.25) is 0 Å². The standard InChI is InChI=1S/C16H15F3N2O2.C16H36N2/c17-16(18,19)12-3-4-13(11-2-1-7-20-14(11)12)21-8-5-10(6-9-21)15(22)23;1-4-7-8-9-10-11-12-13-14-17-15-16-18(5-2)6-3/h1-4,7,10H,5-6,8-9H2,(H,22,23);17H,4-16H2,1-3H3. The van der Waals surface area contributed by atoms with Crippen LogP contribution in [0, 0.1) is 5.92 Å². The number of pyridine rings is 1. The predicted octanol–water partition coefficient (Wildman–Crippen LogP) is 7.61. The van der Waals surface area contributed by atoms with Gasteiger partial charge in [0.15, 0.2) is 0 Å². The lowest BCUT2D eigenvalue weighted by molar-refractivity contribution is -0.142. The van der Waals surface area contributed by atoms with E-state index in [1.807, 2.05) is 4.90 Å². The molecule has 3 rings (SSSR count). The van der Waals surface area contributed by atoms with Gasteiger partial charge in [-0.2, -0.15) is 13.2 Å². The van der Waals surface area contributed by atoms with E-state index < -0.39 is 17.7 Å². The number of carboxylic acid groups (broad SMARTS) is 1. The molecule has 1 aliphatic heterocycles. The summed E-state index contributed by atoms with van der Waals surface area (Å²) in [5.74, 6) is -1.20. The molecule has 1 fully saturated rings. The summed E-state index contributed by atoms with van der Waals surface area (Å²) in [6, 6.07) is 5.73. The highest BCUT2D eigenvalue weighted by molar-refractivity contribution is 5.94. The second-order valence-electron chi connectivity index (χ2n) is 10.9. The van der Waals surface area contributed by atoms with Gasteiger partial charge in [0.25, 0.3) is 0 Å². The van der Waals surface area contributed by atoms with Crippen LogP contribution < -0.4 is 10.2 Å². The summed E-state index contributed by atoms with van der Waals surface area (Å²) in [5.41, 5.74) is -0.153. The molecule has 2 aromatic rings. The topological polar surface area (TPSA) is 68.7 Å². The normalized spacial score (nSPS) is 14.4. The van der Waals surface area contributed by atoms with Gasteiger partial charge in [-0.05, 0) is 63.2 Å². The maximum Gasteiger partial charge on any atom is 0.418 e. The number of nitrogens with one attached hydrogen (secondary N) is 1. The number of hydrogen-bond donors (Lipinski definition) is 2. The zero-order valence-corrected chi connectivity index (χ0v) is 25.3. The van der Waals surface area contributed by atoms with Crippen molar-refractivity contribution in [3.05, 3.63) is 36.0 Å². The number of hydrogen-bond acceptors (Lipinski definition) is 5. The van der Waals surface area contributed by atoms with Crippen LogP contribution in [0.15, 0.2) is 30.5 Å². The number of aliphatic carboxylic acids is 1. The Morgan fingerprint density at radius 2 is 1.61 bits per heavy atom. The highest BCUT2D eigenvalue weighted by Gasteiger charge is 2.34. The van der Waals surface area contributed by atoms with Crippen molar-refractivity contribution in [2.75, 3.05) is 50.7 Å². The fourth-order valence-electron chi connectivity index (χ4n) is 5.32. The molecule has 1 aliphatic rings. The maximum absolute atomic E-state index is 13.1. The smallest absolute Gasteiger partial charge is 0.418 e. The Balaban J connectivity index is 0.000000298. The average Bonchev–Trinajstić information content (AvgIpc) is 2.97. The minimum Gasteiger partial charge on any atom is -0.481 e. The van der Waals surface area contributed by atoms with E-state index in [2.05, 4.69) is 36.0 Å². The first-order chi connectivity index (χ1) is 19.7. The first kappa shape index (κ1) is 34.8. The number of aromatic nitrogens is 1. The molecular weight excluding hydrogens is 529 g/mol. The van der Waals surface area contributed by atoms with E-state index in [-0.39, 0.29) is 11.4 Å². The predicted molar refractivity (Wildman–Crippen MR) is 163 cm³/mol. The van der Waals surface area contributed by atoms with Gasteiger partial charge < -0.3 is 20.2 Å². The fourth-order valence-corrected chi connectivity index (χ4v) is 5.32. The lowest BCUT2D eigenvalue weighted by Crippen LogP contribution is -2.36. The Morgan fingerprint density at radius 3 is 2.20 bits per heavy atom. The summed E-state index contributed by atoms with van der Waals surface area (Å²) in [4.78, 5) is 19.3. The number of rotatable bonds is 16. The SMILES string of the molecule is CCCCCCCCCCNCCN(CC)CC.O=C(O)C1CCN(c2ccc(C(F)(F)F)c3ncccc23)CC1. The molecule has 0 atom stereocenters. The Morgan fingerprint density at radius 1 is 0.976 bits per heavy atom. The lowest BCUT2D eigenvalue weighted by Gasteiger charge is -2.33. The number of carbonyl (C=O) groups is 1. The Bertz CT molecular complexity index is 1010. The molecule has 1 aromatic carbocycles. The van der Waals surface area contributed by atoms with Crippen LogP contribution in [0.4, 0.5) is 18.9 Å². The summed E-state index contributed by atoms with van der Waals surface area (Å²) in [5, 5.41) is 13.0. The van der Waals surface area contributed by atoms with E-state index in [1.165, 1.54) is 89.8 Å². The quantitative estimate of drug-likeness (QED) is 0.199. The summed E-state index contributed by atoms with van der Waals surface area (Å²) < 4.78 is 39.3. The Hall–Kier alpha value is -2.39. The number of halogens is 3. The van der Waals surface area contributed by atoms with E-state index in [0.29, 0.717) is 37.0 Å². The van der Waals surface area contributed by atoms with Crippen molar-refractivity contribution in [2.45, 2.75) is 91.2 Å². The molecular formula is C32H51F3N4O2. The summed E-state index contributed by atoms with van der Waals surface area (Å²) in [6.45, 7) is 13.7. The van der Waals surface area contributed by atoms with Crippen molar-refractivity contribution in [3.63, 3.8) is 0 Å². The third-order valence-corrected chi connectivity index (χ3v) is 7.94. The van der Waals surface area contributed by atoms with Crippen LogP contribution in [0.1, 0.15) is 90.5 Å². The second-order valence-corrected chi connectivity index (χ2v) is 10.9. The molecule has 0 unspecified atom stereocenters. The maximum atomic E-state index is 13.1. The number of benzene rings is 1. The molecule has 0 radical (unpaired) electrons. The van der Waals surface area contributed by atoms with Crippen LogP contribution in [-0.4, -0.2) is 66.8 Å². The molecule has 1 aromatic heterocycles. The number of fused-ring (bicyclic) bond motifs is 1. The molecule has 232 valence electrons. The molecule has 6 nitrogen and oxygen atoms in total. The highest BCUT2D eigenvalue weighted by atomic mass is 19.4. The van der Waals surface area contributed by atoms with Crippen LogP contribution in [0.3, 0.4) is 0 Å². The molecule has 2 N–H and O–H groups in total. The van der Waals surface area contributed by atoms with Gasteiger partial charge in [-0.1, -0.05) is 65.7 Å². The second kappa shape index (κ2) is 18.9. The number of piperidine rings is 1. The van der Waals surface area contributed by atoms with Crippen LogP contribution in [0.25, 0.3) is 10.9 Å². The average molecular weight is 581 g/mol. The molecule has 0 amide bonds. The largest absolute Gasteiger partial charge is 0.481 e. The van der Waals surface area contributed by atoms with Crippen molar-refractivity contribution in [2.24, 2.45) is 5.92 Å². The molecule has 0 bridgehead atoms. The fraction of sp³-hybridized carbons (Fsp3) is 0.688. The van der Waals surface area contributed by atoms with Gasteiger partial charge in [0, 0.05) is 43.4 Å². The Labute approximate surface area is 244 Å². The molecule has 0 aliphatic carbocycles. The van der Waals surface area contributed by atoms with E-state index in [4.69, 9.17) is 5.11 Å². The van der Waals surface area contributed by atoms with Gasteiger partial charge in [-0.3, -0.25) is 9.78 Å². The third-order valence-electron chi connectivity index (χ3n) is 7.94. The van der Waals surface area contributed by atoms with Crippen molar-refractivity contribution >= 4 is 22.6 Å². The minimum atomic E-state index is -4.46. The van der Waals surface area contributed by atoms with E-state index in [9.17, 15) is 18.0 Å².